The van der Waals surface area contributed by atoms with Gasteiger partial charge in [0.05, 0.1) is 0 Å². The van der Waals surface area contributed by atoms with Gasteiger partial charge in [0.15, 0.2) is 0 Å². The summed E-state index contributed by atoms with van der Waals surface area (Å²) in [6.45, 7) is 0. The van der Waals surface area contributed by atoms with Gasteiger partial charge in [0.25, 0.3) is 0 Å². The second-order valence-corrected chi connectivity index (χ2v) is 4.86. The molecule has 3 nitrogen and oxygen atoms in total. The minimum atomic E-state index is -0.860. The Morgan fingerprint density at radius 3 is 3.00 bits per heavy atom. The lowest BCUT2D eigenvalue weighted by Gasteiger charge is -2.30. The van der Waals surface area contributed by atoms with Crippen molar-refractivity contribution in [3.05, 3.63) is 12.2 Å². The van der Waals surface area contributed by atoms with Gasteiger partial charge in [-0.3, -0.25) is 0 Å². The van der Waals surface area contributed by atoms with Gasteiger partial charge in [-0.1, -0.05) is 12.2 Å². The quantitative estimate of drug-likeness (QED) is 0.624. The summed E-state index contributed by atoms with van der Waals surface area (Å²) in [6, 6.07) is 0.224. The van der Waals surface area contributed by atoms with E-state index in [4.69, 9.17) is 5.11 Å². The average molecular weight is 193 g/mol. The summed E-state index contributed by atoms with van der Waals surface area (Å²) in [5.74, 6) is 2.87. The molecule has 5 unspecified atom stereocenters. The average Bonchev–Trinajstić information content (AvgIpc) is 2.68. The van der Waals surface area contributed by atoms with Gasteiger partial charge < -0.3 is 10.4 Å². The molecule has 0 aromatic carbocycles. The minimum Gasteiger partial charge on any atom is -0.465 e. The number of hydrogen-bond donors (Lipinski definition) is 2. The van der Waals surface area contributed by atoms with Crippen molar-refractivity contribution in [2.75, 3.05) is 0 Å². The molecule has 3 aliphatic rings. The van der Waals surface area contributed by atoms with Crippen molar-refractivity contribution in [1.29, 1.82) is 0 Å². The number of hydrogen-bond acceptors (Lipinski definition) is 1. The number of nitrogens with one attached hydrogen (secondary N) is 1. The number of rotatable bonds is 1. The third kappa shape index (κ3) is 1.01. The molecule has 1 amide bonds. The predicted octanol–water partition coefficient (Wildman–Crippen LogP) is 1.85. The highest BCUT2D eigenvalue weighted by Crippen LogP contribution is 2.56. The number of allylic oxidation sites excluding steroid dienone is 2. The molecule has 2 saturated carbocycles. The molecular formula is C11H15NO2. The van der Waals surface area contributed by atoms with Crippen LogP contribution in [0.4, 0.5) is 4.79 Å². The fourth-order valence-electron chi connectivity index (χ4n) is 3.87. The minimum absolute atomic E-state index is 0.224. The first-order chi connectivity index (χ1) is 6.75. The summed E-state index contributed by atoms with van der Waals surface area (Å²) in [5.41, 5.74) is 0. The zero-order chi connectivity index (χ0) is 9.71. The zero-order valence-electron chi connectivity index (χ0n) is 8.02. The number of carboxylic acid groups (broad SMARTS) is 1. The van der Waals surface area contributed by atoms with E-state index in [0.29, 0.717) is 11.8 Å². The molecule has 0 saturated heterocycles. The Morgan fingerprint density at radius 2 is 2.21 bits per heavy atom. The van der Waals surface area contributed by atoms with Crippen LogP contribution in [0.2, 0.25) is 0 Å². The van der Waals surface area contributed by atoms with Crippen molar-refractivity contribution < 1.29 is 9.90 Å². The maximum atomic E-state index is 10.6. The molecule has 3 aliphatic carbocycles. The van der Waals surface area contributed by atoms with E-state index in [2.05, 4.69) is 17.5 Å². The fourth-order valence-corrected chi connectivity index (χ4v) is 3.87. The third-order valence-corrected chi connectivity index (χ3v) is 4.32. The molecular weight excluding hydrogens is 178 g/mol. The smallest absolute Gasteiger partial charge is 0.404 e. The lowest BCUT2D eigenvalue weighted by atomic mass is 9.79. The molecule has 2 fully saturated rings. The largest absolute Gasteiger partial charge is 0.465 e. The molecule has 0 heterocycles. The topological polar surface area (TPSA) is 49.3 Å². The van der Waals surface area contributed by atoms with Gasteiger partial charge in [-0.25, -0.2) is 4.79 Å². The Hall–Kier alpha value is -0.990. The van der Waals surface area contributed by atoms with Crippen LogP contribution in [0.25, 0.3) is 0 Å². The fraction of sp³-hybridized carbons (Fsp3) is 0.727. The number of fused-ring (bicyclic) bond motifs is 5. The highest BCUT2D eigenvalue weighted by atomic mass is 16.4. The van der Waals surface area contributed by atoms with E-state index >= 15 is 0 Å². The summed E-state index contributed by atoms with van der Waals surface area (Å²) >= 11 is 0. The van der Waals surface area contributed by atoms with Crippen LogP contribution in [0.15, 0.2) is 12.2 Å². The normalized spacial score (nSPS) is 48.1. The zero-order valence-corrected chi connectivity index (χ0v) is 8.02. The summed E-state index contributed by atoms with van der Waals surface area (Å²) in [5, 5.41) is 11.4. The van der Waals surface area contributed by atoms with E-state index in [1.165, 1.54) is 12.8 Å². The standard InChI is InChI=1S/C11H15NO2/c13-11(14)12-10-5-6-4-9(10)8-3-1-2-7(6)8/h1,3,6-10,12H,2,4-5H2,(H,13,14). The first-order valence-electron chi connectivity index (χ1n) is 5.42. The monoisotopic (exact) mass is 193 g/mol. The maximum absolute atomic E-state index is 10.6. The predicted molar refractivity (Wildman–Crippen MR) is 51.9 cm³/mol. The van der Waals surface area contributed by atoms with Crippen molar-refractivity contribution in [3.8, 4) is 0 Å². The van der Waals surface area contributed by atoms with Crippen molar-refractivity contribution in [2.24, 2.45) is 23.7 Å². The van der Waals surface area contributed by atoms with E-state index in [0.717, 1.165) is 18.3 Å². The van der Waals surface area contributed by atoms with E-state index in [1.807, 2.05) is 0 Å². The molecule has 0 aromatic heterocycles. The van der Waals surface area contributed by atoms with E-state index in [1.54, 1.807) is 0 Å². The molecule has 5 atom stereocenters. The van der Waals surface area contributed by atoms with Crippen LogP contribution in [-0.4, -0.2) is 17.2 Å². The Bertz CT molecular complexity index is 300. The van der Waals surface area contributed by atoms with E-state index in [-0.39, 0.29) is 6.04 Å². The SMILES string of the molecule is O=C(O)NC1CC2CC1C1C=CCC21. The van der Waals surface area contributed by atoms with Gasteiger partial charge in [-0.05, 0) is 42.9 Å². The van der Waals surface area contributed by atoms with E-state index < -0.39 is 6.09 Å². The molecule has 76 valence electrons. The van der Waals surface area contributed by atoms with Crippen LogP contribution in [0.1, 0.15) is 19.3 Å². The van der Waals surface area contributed by atoms with Crippen LogP contribution in [-0.2, 0) is 0 Å². The van der Waals surface area contributed by atoms with Gasteiger partial charge in [0.1, 0.15) is 0 Å². The van der Waals surface area contributed by atoms with Gasteiger partial charge in [-0.2, -0.15) is 0 Å². The molecule has 0 aromatic rings. The first kappa shape index (κ1) is 8.33. The summed E-state index contributed by atoms with van der Waals surface area (Å²) < 4.78 is 0. The molecule has 14 heavy (non-hydrogen) atoms. The van der Waals surface area contributed by atoms with Gasteiger partial charge in [-0.15, -0.1) is 0 Å². The lowest BCUT2D eigenvalue weighted by molar-refractivity contribution is 0.173. The van der Waals surface area contributed by atoms with Crippen LogP contribution >= 0.6 is 0 Å². The molecule has 2 N–H and O–H groups in total. The lowest BCUT2D eigenvalue weighted by Crippen LogP contribution is -2.41. The van der Waals surface area contributed by atoms with Gasteiger partial charge in [0.2, 0.25) is 0 Å². The van der Waals surface area contributed by atoms with Crippen LogP contribution < -0.4 is 5.32 Å². The van der Waals surface area contributed by atoms with Gasteiger partial charge in [0, 0.05) is 6.04 Å². The number of carbonyl (C=O) groups is 1. The summed E-state index contributed by atoms with van der Waals surface area (Å²) in [7, 11) is 0. The third-order valence-electron chi connectivity index (χ3n) is 4.32. The van der Waals surface area contributed by atoms with Crippen LogP contribution in [0.5, 0.6) is 0 Å². The van der Waals surface area contributed by atoms with Gasteiger partial charge >= 0.3 is 6.09 Å². The Balaban J connectivity index is 1.76. The molecule has 0 radical (unpaired) electrons. The molecule has 3 rings (SSSR count). The second kappa shape index (κ2) is 2.75. The Labute approximate surface area is 83.2 Å². The highest BCUT2D eigenvalue weighted by Gasteiger charge is 2.52. The van der Waals surface area contributed by atoms with Crippen LogP contribution in [0.3, 0.4) is 0 Å². The van der Waals surface area contributed by atoms with Crippen molar-refractivity contribution in [2.45, 2.75) is 25.3 Å². The van der Waals surface area contributed by atoms with Crippen molar-refractivity contribution in [3.63, 3.8) is 0 Å². The maximum Gasteiger partial charge on any atom is 0.404 e. The van der Waals surface area contributed by atoms with Crippen LogP contribution in [0, 0.1) is 23.7 Å². The molecule has 2 bridgehead atoms. The second-order valence-electron chi connectivity index (χ2n) is 4.86. The highest BCUT2D eigenvalue weighted by molar-refractivity contribution is 5.65. The Kier molecular flexibility index (Phi) is 1.64. The summed E-state index contributed by atoms with van der Waals surface area (Å²) in [6.07, 6.45) is 7.26. The molecule has 0 aliphatic heterocycles. The first-order valence-corrected chi connectivity index (χ1v) is 5.42. The molecule has 3 heteroatoms. The summed E-state index contributed by atoms with van der Waals surface area (Å²) in [4.78, 5) is 10.6. The van der Waals surface area contributed by atoms with E-state index in [9.17, 15) is 4.79 Å². The number of amides is 1. The van der Waals surface area contributed by atoms with Crippen molar-refractivity contribution >= 4 is 6.09 Å². The Morgan fingerprint density at radius 1 is 1.36 bits per heavy atom. The van der Waals surface area contributed by atoms with Crippen molar-refractivity contribution in [1.82, 2.24) is 5.32 Å². The molecule has 0 spiro atoms.